The number of benzene rings is 1. The molecule has 1 aromatic heterocycles. The maximum atomic E-state index is 12.8. The number of imidazole rings is 1. The first-order chi connectivity index (χ1) is 11.8. The molecule has 1 aromatic carbocycles. The zero-order chi connectivity index (χ0) is 17.8. The van der Waals surface area contributed by atoms with Crippen molar-refractivity contribution in [1.29, 1.82) is 0 Å². The average Bonchev–Trinajstić information content (AvgIpc) is 3.08. The Kier molecular flexibility index (Phi) is 3.38. The number of aromatic nitrogens is 2. The summed E-state index contributed by atoms with van der Waals surface area (Å²) in [7, 11) is 1.71. The van der Waals surface area contributed by atoms with Crippen molar-refractivity contribution in [2.24, 2.45) is 0 Å². The minimum atomic E-state index is -4.39. The number of hydrogen-bond donors (Lipinski definition) is 1. The fraction of sp³-hybridized carbons (Fsp3) is 0.500. The van der Waals surface area contributed by atoms with Crippen LogP contribution in [0.1, 0.15) is 18.4 Å². The molecule has 2 saturated heterocycles. The number of nitrogens with zero attached hydrogens (tertiary/aromatic N) is 3. The smallest absolute Gasteiger partial charge is 0.416 e. The van der Waals surface area contributed by atoms with Gasteiger partial charge in [-0.1, -0.05) is 0 Å². The molecule has 0 unspecified atom stereocenters. The molecule has 1 N–H and O–H groups in total. The number of rotatable bonds is 1. The number of fused-ring (bicyclic) bond motifs is 1. The lowest BCUT2D eigenvalue weighted by Crippen LogP contribution is -2.47. The molecule has 9 heteroatoms. The van der Waals surface area contributed by atoms with E-state index < -0.39 is 17.3 Å². The minimum Gasteiger partial charge on any atom is -0.441 e. The zero-order valence-corrected chi connectivity index (χ0v) is 13.6. The van der Waals surface area contributed by atoms with Crippen LogP contribution in [0.2, 0.25) is 0 Å². The number of H-pyrrole nitrogens is 1. The van der Waals surface area contributed by atoms with Gasteiger partial charge < -0.3 is 19.5 Å². The highest BCUT2D eigenvalue weighted by Crippen LogP contribution is 2.35. The first kappa shape index (κ1) is 16.0. The molecule has 2 aliphatic heterocycles. The SMILES string of the molecule is CN1CC2(CCN(c3nc4cc(C(F)(F)F)ccc4[nH]3)CC2)OC1=O. The molecular weight excluding hydrogens is 337 g/mol. The van der Waals surface area contributed by atoms with Gasteiger partial charge in [-0.25, -0.2) is 9.78 Å². The summed E-state index contributed by atoms with van der Waals surface area (Å²) in [5, 5.41) is 0. The van der Waals surface area contributed by atoms with Gasteiger partial charge in [0, 0.05) is 33.0 Å². The van der Waals surface area contributed by atoms with E-state index in [0.717, 1.165) is 12.1 Å². The van der Waals surface area contributed by atoms with Crippen molar-refractivity contribution < 1.29 is 22.7 Å². The number of ether oxygens (including phenoxy) is 1. The summed E-state index contributed by atoms with van der Waals surface area (Å²) in [6.07, 6.45) is -3.37. The van der Waals surface area contributed by atoms with Gasteiger partial charge in [0.25, 0.3) is 0 Å². The van der Waals surface area contributed by atoms with Gasteiger partial charge in [-0.3, -0.25) is 0 Å². The van der Waals surface area contributed by atoms with Crippen LogP contribution in [0.5, 0.6) is 0 Å². The number of alkyl halides is 3. The van der Waals surface area contributed by atoms with Crippen LogP contribution in [0, 0.1) is 0 Å². The third-order valence-electron chi connectivity index (χ3n) is 4.91. The van der Waals surface area contributed by atoms with Crippen molar-refractivity contribution in [1.82, 2.24) is 14.9 Å². The summed E-state index contributed by atoms with van der Waals surface area (Å²) < 4.78 is 44.0. The maximum absolute atomic E-state index is 12.8. The Morgan fingerprint density at radius 1 is 1.28 bits per heavy atom. The third-order valence-corrected chi connectivity index (χ3v) is 4.91. The number of hydrogen-bond acceptors (Lipinski definition) is 4. The number of carbonyl (C=O) groups is 1. The van der Waals surface area contributed by atoms with Crippen molar-refractivity contribution in [3.05, 3.63) is 23.8 Å². The second-order valence-corrected chi connectivity index (χ2v) is 6.68. The summed E-state index contributed by atoms with van der Waals surface area (Å²) in [6, 6.07) is 3.49. The molecule has 134 valence electrons. The topological polar surface area (TPSA) is 61.5 Å². The lowest BCUT2D eigenvalue weighted by Gasteiger charge is -2.37. The van der Waals surface area contributed by atoms with Gasteiger partial charge >= 0.3 is 12.3 Å². The van der Waals surface area contributed by atoms with Crippen LogP contribution in [-0.4, -0.2) is 53.2 Å². The van der Waals surface area contributed by atoms with Crippen LogP contribution in [0.25, 0.3) is 11.0 Å². The van der Waals surface area contributed by atoms with Gasteiger partial charge in [0.15, 0.2) is 0 Å². The average molecular weight is 354 g/mol. The Hall–Kier alpha value is -2.45. The Balaban J connectivity index is 1.52. The summed E-state index contributed by atoms with van der Waals surface area (Å²) in [5.74, 6) is 0.543. The number of aromatic amines is 1. The number of halogens is 3. The first-order valence-corrected chi connectivity index (χ1v) is 8.02. The number of amides is 1. The fourth-order valence-corrected chi connectivity index (χ4v) is 3.50. The monoisotopic (exact) mass is 354 g/mol. The van der Waals surface area contributed by atoms with Gasteiger partial charge in [0.1, 0.15) is 5.60 Å². The molecule has 6 nitrogen and oxygen atoms in total. The molecule has 1 spiro atoms. The van der Waals surface area contributed by atoms with Gasteiger partial charge in [0.2, 0.25) is 5.95 Å². The summed E-state index contributed by atoms with van der Waals surface area (Å²) in [6.45, 7) is 1.80. The van der Waals surface area contributed by atoms with Crippen LogP contribution < -0.4 is 4.90 Å². The summed E-state index contributed by atoms with van der Waals surface area (Å²) in [4.78, 5) is 22.5. The van der Waals surface area contributed by atoms with Gasteiger partial charge in [-0.15, -0.1) is 0 Å². The second kappa shape index (κ2) is 5.27. The maximum Gasteiger partial charge on any atom is 0.416 e. The Labute approximate surface area is 141 Å². The molecule has 2 aliphatic rings. The number of carbonyl (C=O) groups excluding carboxylic acids is 1. The molecular formula is C16H17F3N4O2. The third kappa shape index (κ3) is 2.77. The van der Waals surface area contributed by atoms with E-state index in [9.17, 15) is 18.0 Å². The van der Waals surface area contributed by atoms with Gasteiger partial charge in [-0.05, 0) is 18.2 Å². The number of piperidine rings is 1. The highest BCUT2D eigenvalue weighted by Gasteiger charge is 2.46. The molecule has 2 fully saturated rings. The van der Waals surface area contributed by atoms with Crippen LogP contribution in [0.3, 0.4) is 0 Å². The van der Waals surface area contributed by atoms with Crippen LogP contribution >= 0.6 is 0 Å². The molecule has 0 bridgehead atoms. The van der Waals surface area contributed by atoms with E-state index in [0.29, 0.717) is 43.9 Å². The van der Waals surface area contributed by atoms with E-state index in [4.69, 9.17) is 4.74 Å². The Bertz CT molecular complexity index is 824. The molecule has 1 amide bonds. The number of nitrogens with one attached hydrogen (secondary N) is 1. The molecule has 4 rings (SSSR count). The molecule has 0 saturated carbocycles. The standard InChI is InChI=1S/C16H17F3N4O2/c1-22-9-15(25-14(22)24)4-6-23(7-5-15)13-20-11-3-2-10(16(17,18)19)8-12(11)21-13/h2-3,8H,4-7,9H2,1H3,(H,20,21). The summed E-state index contributed by atoms with van der Waals surface area (Å²) >= 11 is 0. The van der Waals surface area contributed by atoms with Crippen molar-refractivity contribution in [3.8, 4) is 0 Å². The van der Waals surface area contributed by atoms with E-state index in [1.54, 1.807) is 11.9 Å². The molecule has 0 atom stereocenters. The predicted octanol–water partition coefficient (Wildman–Crippen LogP) is 3.00. The lowest BCUT2D eigenvalue weighted by atomic mass is 9.91. The predicted molar refractivity (Wildman–Crippen MR) is 84.4 cm³/mol. The molecule has 3 heterocycles. The van der Waals surface area contributed by atoms with Crippen molar-refractivity contribution >= 4 is 23.1 Å². The van der Waals surface area contributed by atoms with Gasteiger partial charge in [-0.2, -0.15) is 13.2 Å². The minimum absolute atomic E-state index is 0.289. The van der Waals surface area contributed by atoms with Crippen LogP contribution in [0.4, 0.5) is 23.9 Å². The van der Waals surface area contributed by atoms with E-state index in [1.165, 1.54) is 6.07 Å². The van der Waals surface area contributed by atoms with Crippen molar-refractivity contribution in [3.63, 3.8) is 0 Å². The van der Waals surface area contributed by atoms with E-state index in [-0.39, 0.29) is 11.6 Å². The first-order valence-electron chi connectivity index (χ1n) is 8.02. The normalized spacial score (nSPS) is 20.6. The zero-order valence-electron chi connectivity index (χ0n) is 13.6. The highest BCUT2D eigenvalue weighted by atomic mass is 19.4. The molecule has 0 aliphatic carbocycles. The molecule has 25 heavy (non-hydrogen) atoms. The highest BCUT2D eigenvalue weighted by molar-refractivity contribution is 5.78. The summed E-state index contributed by atoms with van der Waals surface area (Å²) in [5.41, 5.74) is -0.318. The molecule has 0 radical (unpaired) electrons. The van der Waals surface area contributed by atoms with E-state index in [2.05, 4.69) is 9.97 Å². The second-order valence-electron chi connectivity index (χ2n) is 6.68. The largest absolute Gasteiger partial charge is 0.441 e. The Morgan fingerprint density at radius 2 is 2.00 bits per heavy atom. The quantitative estimate of drug-likeness (QED) is 0.855. The van der Waals surface area contributed by atoms with Crippen LogP contribution in [0.15, 0.2) is 18.2 Å². The number of likely N-dealkylation sites (N-methyl/N-ethyl adjacent to an activating group) is 1. The Morgan fingerprint density at radius 3 is 2.60 bits per heavy atom. The number of anilines is 1. The van der Waals surface area contributed by atoms with Crippen molar-refractivity contribution in [2.45, 2.75) is 24.6 Å². The van der Waals surface area contributed by atoms with Crippen molar-refractivity contribution in [2.75, 3.05) is 31.6 Å². The van der Waals surface area contributed by atoms with Crippen LogP contribution in [-0.2, 0) is 10.9 Å². The lowest BCUT2D eigenvalue weighted by molar-refractivity contribution is -0.137. The molecule has 2 aromatic rings. The van der Waals surface area contributed by atoms with E-state index >= 15 is 0 Å². The van der Waals surface area contributed by atoms with E-state index in [1.807, 2.05) is 4.90 Å². The van der Waals surface area contributed by atoms with Gasteiger partial charge in [0.05, 0.1) is 23.1 Å². The fourth-order valence-electron chi connectivity index (χ4n) is 3.50.